The van der Waals surface area contributed by atoms with Crippen LogP contribution in [-0.2, 0) is 9.53 Å². The van der Waals surface area contributed by atoms with Gasteiger partial charge in [-0.2, -0.15) is 0 Å². The number of hydrogen-bond acceptors (Lipinski definition) is 6. The standard InChI is InChI=1S/C20H20N2O4S/c1-2-25-20(24)13-9-11-22(12-10-13)19(23)16-8-7-15(26-16)18-21-14-5-3-4-6-17(14)27-18/h3-8,13H,2,9-12H2,1H3. The molecule has 1 aliphatic rings. The first-order valence-corrected chi connectivity index (χ1v) is 9.89. The van der Waals surface area contributed by atoms with Crippen LogP contribution in [0.15, 0.2) is 40.8 Å². The van der Waals surface area contributed by atoms with Gasteiger partial charge in [-0.3, -0.25) is 9.59 Å². The van der Waals surface area contributed by atoms with Gasteiger partial charge in [-0.1, -0.05) is 12.1 Å². The molecule has 0 bridgehead atoms. The van der Waals surface area contributed by atoms with E-state index >= 15 is 0 Å². The Labute approximate surface area is 160 Å². The molecule has 3 aromatic rings. The Morgan fingerprint density at radius 2 is 2.00 bits per heavy atom. The van der Waals surface area contributed by atoms with Gasteiger partial charge in [0.05, 0.1) is 22.7 Å². The third-order valence-electron chi connectivity index (χ3n) is 4.72. The van der Waals surface area contributed by atoms with Gasteiger partial charge in [0, 0.05) is 13.1 Å². The number of fused-ring (bicyclic) bond motifs is 1. The van der Waals surface area contributed by atoms with Crippen LogP contribution < -0.4 is 0 Å². The van der Waals surface area contributed by atoms with Crippen molar-refractivity contribution in [2.75, 3.05) is 19.7 Å². The normalized spacial score (nSPS) is 15.2. The van der Waals surface area contributed by atoms with E-state index in [1.54, 1.807) is 24.0 Å². The van der Waals surface area contributed by atoms with Crippen LogP contribution in [0.3, 0.4) is 0 Å². The van der Waals surface area contributed by atoms with E-state index in [1.807, 2.05) is 24.3 Å². The quantitative estimate of drug-likeness (QED) is 0.637. The van der Waals surface area contributed by atoms with Crippen LogP contribution in [0.5, 0.6) is 0 Å². The van der Waals surface area contributed by atoms with Crippen LogP contribution in [0.4, 0.5) is 0 Å². The Morgan fingerprint density at radius 3 is 2.74 bits per heavy atom. The van der Waals surface area contributed by atoms with Gasteiger partial charge < -0.3 is 14.1 Å². The van der Waals surface area contributed by atoms with E-state index in [4.69, 9.17) is 9.15 Å². The van der Waals surface area contributed by atoms with Gasteiger partial charge >= 0.3 is 5.97 Å². The molecule has 4 rings (SSSR count). The fourth-order valence-electron chi connectivity index (χ4n) is 3.28. The third kappa shape index (κ3) is 3.60. The molecule has 0 unspecified atom stereocenters. The second-order valence-electron chi connectivity index (χ2n) is 6.47. The largest absolute Gasteiger partial charge is 0.466 e. The highest BCUT2D eigenvalue weighted by atomic mass is 32.1. The number of thiazole rings is 1. The van der Waals surface area contributed by atoms with E-state index < -0.39 is 0 Å². The molecule has 0 saturated carbocycles. The number of piperidine rings is 1. The van der Waals surface area contributed by atoms with E-state index in [2.05, 4.69) is 4.98 Å². The number of ether oxygens (including phenoxy) is 1. The highest BCUT2D eigenvalue weighted by Gasteiger charge is 2.29. The van der Waals surface area contributed by atoms with Crippen LogP contribution in [0, 0.1) is 5.92 Å². The summed E-state index contributed by atoms with van der Waals surface area (Å²) in [4.78, 5) is 30.8. The summed E-state index contributed by atoms with van der Waals surface area (Å²) in [7, 11) is 0. The summed E-state index contributed by atoms with van der Waals surface area (Å²) in [6.45, 7) is 3.24. The third-order valence-corrected chi connectivity index (χ3v) is 5.77. The Morgan fingerprint density at radius 1 is 1.22 bits per heavy atom. The van der Waals surface area contributed by atoms with E-state index in [9.17, 15) is 9.59 Å². The molecule has 7 heteroatoms. The van der Waals surface area contributed by atoms with Crippen molar-refractivity contribution in [3.63, 3.8) is 0 Å². The van der Waals surface area contributed by atoms with Gasteiger partial charge in [-0.15, -0.1) is 11.3 Å². The highest BCUT2D eigenvalue weighted by Crippen LogP contribution is 2.31. The minimum atomic E-state index is -0.166. The highest BCUT2D eigenvalue weighted by molar-refractivity contribution is 7.21. The summed E-state index contributed by atoms with van der Waals surface area (Å²) in [6, 6.07) is 11.4. The number of aromatic nitrogens is 1. The number of nitrogens with zero attached hydrogens (tertiary/aromatic N) is 2. The van der Waals surface area contributed by atoms with E-state index in [-0.39, 0.29) is 17.8 Å². The summed E-state index contributed by atoms with van der Waals surface area (Å²) in [6.07, 6.45) is 1.24. The van der Waals surface area contributed by atoms with Gasteiger partial charge in [0.15, 0.2) is 16.5 Å². The van der Waals surface area contributed by atoms with Crippen molar-refractivity contribution in [1.82, 2.24) is 9.88 Å². The zero-order valence-corrected chi connectivity index (χ0v) is 15.8. The number of para-hydroxylation sites is 1. The molecule has 0 atom stereocenters. The van der Waals surface area contributed by atoms with Crippen molar-refractivity contribution in [1.29, 1.82) is 0 Å². The van der Waals surface area contributed by atoms with E-state index in [0.717, 1.165) is 15.2 Å². The number of hydrogen-bond donors (Lipinski definition) is 0. The molecule has 27 heavy (non-hydrogen) atoms. The lowest BCUT2D eigenvalue weighted by Gasteiger charge is -2.30. The molecule has 0 aliphatic carbocycles. The molecule has 1 fully saturated rings. The van der Waals surface area contributed by atoms with E-state index in [1.165, 1.54) is 11.3 Å². The van der Waals surface area contributed by atoms with Crippen molar-refractivity contribution >= 4 is 33.4 Å². The predicted octanol–water partition coefficient (Wildman–Crippen LogP) is 3.97. The fourth-order valence-corrected chi connectivity index (χ4v) is 4.21. The molecule has 140 valence electrons. The topological polar surface area (TPSA) is 72.6 Å². The van der Waals surface area contributed by atoms with Crippen molar-refractivity contribution in [2.24, 2.45) is 5.92 Å². The zero-order chi connectivity index (χ0) is 18.8. The molecule has 1 saturated heterocycles. The van der Waals surface area contributed by atoms with Crippen LogP contribution in [-0.4, -0.2) is 41.5 Å². The minimum absolute atomic E-state index is 0.121. The number of likely N-dealkylation sites (tertiary alicyclic amines) is 1. The zero-order valence-electron chi connectivity index (χ0n) is 15.0. The first-order valence-electron chi connectivity index (χ1n) is 9.07. The lowest BCUT2D eigenvalue weighted by atomic mass is 9.97. The van der Waals surface area contributed by atoms with E-state index in [0.29, 0.717) is 44.1 Å². The average Bonchev–Trinajstić information content (AvgIpc) is 3.34. The monoisotopic (exact) mass is 384 g/mol. The molecule has 2 aromatic heterocycles. The van der Waals surface area contributed by atoms with Crippen molar-refractivity contribution < 1.29 is 18.7 Å². The number of esters is 1. The summed E-state index contributed by atoms with van der Waals surface area (Å²) in [5.41, 5.74) is 0.919. The Kier molecular flexibility index (Phi) is 4.94. The lowest BCUT2D eigenvalue weighted by Crippen LogP contribution is -2.40. The Bertz CT molecular complexity index is 936. The maximum Gasteiger partial charge on any atom is 0.309 e. The maximum atomic E-state index is 12.7. The predicted molar refractivity (Wildman–Crippen MR) is 103 cm³/mol. The number of rotatable bonds is 4. The fraction of sp³-hybridized carbons (Fsp3) is 0.350. The first-order chi connectivity index (χ1) is 13.2. The maximum absolute atomic E-state index is 12.7. The number of benzene rings is 1. The number of carbonyl (C=O) groups excluding carboxylic acids is 2. The molecule has 1 aliphatic heterocycles. The van der Waals surface area contributed by atoms with Crippen LogP contribution in [0.2, 0.25) is 0 Å². The number of amides is 1. The second-order valence-corrected chi connectivity index (χ2v) is 7.50. The van der Waals surface area contributed by atoms with Gasteiger partial charge in [0.1, 0.15) is 0 Å². The van der Waals surface area contributed by atoms with Crippen LogP contribution in [0.1, 0.15) is 30.3 Å². The molecular weight excluding hydrogens is 364 g/mol. The minimum Gasteiger partial charge on any atom is -0.466 e. The molecule has 6 nitrogen and oxygen atoms in total. The lowest BCUT2D eigenvalue weighted by molar-refractivity contribution is -0.149. The Hall–Kier alpha value is -2.67. The van der Waals surface area contributed by atoms with Gasteiger partial charge in [-0.05, 0) is 44.0 Å². The molecule has 1 aromatic carbocycles. The van der Waals surface area contributed by atoms with Gasteiger partial charge in [-0.25, -0.2) is 4.98 Å². The summed E-state index contributed by atoms with van der Waals surface area (Å²) in [5.74, 6) is 0.467. The van der Waals surface area contributed by atoms with Crippen LogP contribution >= 0.6 is 11.3 Å². The molecule has 0 radical (unpaired) electrons. The van der Waals surface area contributed by atoms with Crippen molar-refractivity contribution in [2.45, 2.75) is 19.8 Å². The van der Waals surface area contributed by atoms with Crippen molar-refractivity contribution in [3.8, 4) is 10.8 Å². The van der Waals surface area contributed by atoms with Crippen molar-refractivity contribution in [3.05, 3.63) is 42.2 Å². The molecule has 3 heterocycles. The SMILES string of the molecule is CCOC(=O)C1CCN(C(=O)c2ccc(-c3nc4ccccc4s3)o2)CC1. The average molecular weight is 384 g/mol. The molecule has 1 amide bonds. The van der Waals surface area contributed by atoms with Gasteiger partial charge in [0.25, 0.3) is 5.91 Å². The smallest absolute Gasteiger partial charge is 0.309 e. The van der Waals surface area contributed by atoms with Crippen LogP contribution in [0.25, 0.3) is 21.0 Å². The number of furan rings is 1. The summed E-state index contributed by atoms with van der Waals surface area (Å²) < 4.78 is 11.9. The second kappa shape index (κ2) is 7.52. The first kappa shape index (κ1) is 17.7. The number of carbonyl (C=O) groups is 2. The molecule has 0 N–H and O–H groups in total. The molecule has 0 spiro atoms. The summed E-state index contributed by atoms with van der Waals surface area (Å²) in [5, 5.41) is 0.760. The summed E-state index contributed by atoms with van der Waals surface area (Å²) >= 11 is 1.54. The van der Waals surface area contributed by atoms with Gasteiger partial charge in [0.2, 0.25) is 0 Å². The molecular formula is C20H20N2O4S. The Balaban J connectivity index is 1.44.